The van der Waals surface area contributed by atoms with Crippen molar-refractivity contribution in [3.8, 4) is 0 Å². The molecule has 1 heterocycles. The van der Waals surface area contributed by atoms with Gasteiger partial charge < -0.3 is 10.1 Å². The number of hydrogen-bond acceptors (Lipinski definition) is 3. The molecule has 4 heteroatoms. The van der Waals surface area contributed by atoms with Crippen molar-refractivity contribution >= 4 is 17.9 Å². The van der Waals surface area contributed by atoms with Crippen LogP contribution in [0, 0.1) is 5.41 Å². The SMILES string of the molecule is COC(=O)c1ccccc1/C=C/C1CCCCC(=N)N1. The highest BCUT2D eigenvalue weighted by Crippen LogP contribution is 2.15. The van der Waals surface area contributed by atoms with Gasteiger partial charge in [0.15, 0.2) is 0 Å². The van der Waals surface area contributed by atoms with Crippen molar-refractivity contribution in [3.63, 3.8) is 0 Å². The predicted octanol–water partition coefficient (Wildman–Crippen LogP) is 3.00. The van der Waals surface area contributed by atoms with Crippen LogP contribution in [0.5, 0.6) is 0 Å². The second-order valence-electron chi connectivity index (χ2n) is 4.91. The van der Waals surface area contributed by atoms with Crippen molar-refractivity contribution in [3.05, 3.63) is 41.5 Å². The second-order valence-corrected chi connectivity index (χ2v) is 4.91. The molecule has 1 fully saturated rings. The second kappa shape index (κ2) is 6.89. The zero-order valence-corrected chi connectivity index (χ0v) is 11.7. The molecule has 1 aliphatic heterocycles. The van der Waals surface area contributed by atoms with Gasteiger partial charge in [-0.2, -0.15) is 0 Å². The Hall–Kier alpha value is -2.10. The zero-order valence-electron chi connectivity index (χ0n) is 11.7. The van der Waals surface area contributed by atoms with Gasteiger partial charge in [0.2, 0.25) is 0 Å². The van der Waals surface area contributed by atoms with E-state index in [2.05, 4.69) is 5.32 Å². The number of carbonyl (C=O) groups excluding carboxylic acids is 1. The minimum Gasteiger partial charge on any atom is -0.465 e. The van der Waals surface area contributed by atoms with Crippen LogP contribution in [-0.2, 0) is 4.74 Å². The lowest BCUT2D eigenvalue weighted by Gasteiger charge is -2.12. The highest BCUT2D eigenvalue weighted by Gasteiger charge is 2.12. The Morgan fingerprint density at radius 2 is 2.20 bits per heavy atom. The Morgan fingerprint density at radius 1 is 1.40 bits per heavy atom. The minimum absolute atomic E-state index is 0.163. The molecule has 0 radical (unpaired) electrons. The molecule has 0 saturated carbocycles. The number of ether oxygens (including phenoxy) is 1. The van der Waals surface area contributed by atoms with Crippen LogP contribution in [0.3, 0.4) is 0 Å². The molecule has 0 spiro atoms. The fourth-order valence-corrected chi connectivity index (χ4v) is 2.34. The number of esters is 1. The van der Waals surface area contributed by atoms with Gasteiger partial charge in [-0.25, -0.2) is 4.79 Å². The van der Waals surface area contributed by atoms with Crippen LogP contribution in [0.4, 0.5) is 0 Å². The lowest BCUT2D eigenvalue weighted by atomic mass is 10.0. The van der Waals surface area contributed by atoms with Gasteiger partial charge in [0.05, 0.1) is 18.5 Å². The fourth-order valence-electron chi connectivity index (χ4n) is 2.34. The van der Waals surface area contributed by atoms with Crippen molar-refractivity contribution in [2.45, 2.75) is 31.7 Å². The molecule has 0 aliphatic carbocycles. The van der Waals surface area contributed by atoms with E-state index in [1.807, 2.05) is 30.4 Å². The van der Waals surface area contributed by atoms with Crippen LogP contribution in [0.1, 0.15) is 41.6 Å². The summed E-state index contributed by atoms with van der Waals surface area (Å²) < 4.78 is 4.78. The van der Waals surface area contributed by atoms with E-state index in [1.165, 1.54) is 7.11 Å². The van der Waals surface area contributed by atoms with E-state index in [-0.39, 0.29) is 12.0 Å². The highest BCUT2D eigenvalue weighted by molar-refractivity contribution is 5.93. The van der Waals surface area contributed by atoms with E-state index >= 15 is 0 Å². The van der Waals surface area contributed by atoms with Gasteiger partial charge in [0.1, 0.15) is 0 Å². The molecule has 1 unspecified atom stereocenters. The predicted molar refractivity (Wildman–Crippen MR) is 79.9 cm³/mol. The van der Waals surface area contributed by atoms with Crippen molar-refractivity contribution in [2.24, 2.45) is 0 Å². The molecule has 1 aromatic carbocycles. The Kier molecular flexibility index (Phi) is 4.93. The molecule has 1 atom stereocenters. The average Bonchev–Trinajstić information content (AvgIpc) is 2.69. The van der Waals surface area contributed by atoms with Gasteiger partial charge in [-0.1, -0.05) is 36.8 Å². The highest BCUT2D eigenvalue weighted by atomic mass is 16.5. The Labute approximate surface area is 119 Å². The maximum atomic E-state index is 11.7. The lowest BCUT2D eigenvalue weighted by molar-refractivity contribution is 0.0600. The van der Waals surface area contributed by atoms with Gasteiger partial charge >= 0.3 is 5.97 Å². The summed E-state index contributed by atoms with van der Waals surface area (Å²) in [4.78, 5) is 11.7. The molecule has 1 aliphatic rings. The van der Waals surface area contributed by atoms with E-state index in [0.717, 1.165) is 31.2 Å². The summed E-state index contributed by atoms with van der Waals surface area (Å²) in [6.07, 6.45) is 7.98. The molecule has 0 aromatic heterocycles. The summed E-state index contributed by atoms with van der Waals surface area (Å²) in [7, 11) is 1.39. The first kappa shape index (κ1) is 14.3. The quantitative estimate of drug-likeness (QED) is 0.831. The number of amidine groups is 1. The van der Waals surface area contributed by atoms with E-state index in [9.17, 15) is 4.79 Å². The molecule has 0 amide bonds. The van der Waals surface area contributed by atoms with Gasteiger partial charge in [-0.05, 0) is 24.5 Å². The summed E-state index contributed by atoms with van der Waals surface area (Å²) in [5.41, 5.74) is 1.41. The Balaban J connectivity index is 2.14. The third-order valence-electron chi connectivity index (χ3n) is 3.43. The van der Waals surface area contributed by atoms with E-state index in [1.54, 1.807) is 6.07 Å². The van der Waals surface area contributed by atoms with Crippen LogP contribution in [0.2, 0.25) is 0 Å². The largest absolute Gasteiger partial charge is 0.465 e. The number of carbonyl (C=O) groups is 1. The average molecular weight is 272 g/mol. The van der Waals surface area contributed by atoms with Crippen molar-refractivity contribution in [1.29, 1.82) is 5.41 Å². The van der Waals surface area contributed by atoms with Gasteiger partial charge in [-0.15, -0.1) is 0 Å². The molecule has 1 saturated heterocycles. The third kappa shape index (κ3) is 3.70. The van der Waals surface area contributed by atoms with Crippen LogP contribution < -0.4 is 5.32 Å². The standard InChI is InChI=1S/C16H20N2O2/c1-20-16(19)14-8-4-2-6-12(14)10-11-13-7-3-5-9-15(17)18-13/h2,4,6,8,10-11,13H,3,5,7,9H2,1H3,(H2,17,18)/b11-10+. The summed E-state index contributed by atoms with van der Waals surface area (Å²) in [5, 5.41) is 11.0. The number of methoxy groups -OCH3 is 1. The lowest BCUT2D eigenvalue weighted by Crippen LogP contribution is -2.30. The first-order valence-corrected chi connectivity index (χ1v) is 6.90. The van der Waals surface area contributed by atoms with Crippen molar-refractivity contribution in [2.75, 3.05) is 7.11 Å². The number of nitrogens with one attached hydrogen (secondary N) is 2. The van der Waals surface area contributed by atoms with Gasteiger partial charge in [0, 0.05) is 12.5 Å². The fraction of sp³-hybridized carbons (Fsp3) is 0.375. The summed E-state index contributed by atoms with van der Waals surface area (Å²) in [6.45, 7) is 0. The molecule has 20 heavy (non-hydrogen) atoms. The number of hydrogen-bond donors (Lipinski definition) is 2. The smallest absolute Gasteiger partial charge is 0.338 e. The maximum Gasteiger partial charge on any atom is 0.338 e. The first-order chi connectivity index (χ1) is 9.70. The summed E-state index contributed by atoms with van der Waals surface area (Å²) >= 11 is 0. The van der Waals surface area contributed by atoms with Crippen LogP contribution in [0.25, 0.3) is 6.08 Å². The van der Waals surface area contributed by atoms with Crippen LogP contribution >= 0.6 is 0 Å². The van der Waals surface area contributed by atoms with Crippen LogP contribution in [0.15, 0.2) is 30.3 Å². The molecule has 0 bridgehead atoms. The normalized spacial score (nSPS) is 19.4. The van der Waals surface area contributed by atoms with E-state index in [0.29, 0.717) is 11.4 Å². The molecular weight excluding hydrogens is 252 g/mol. The molecule has 4 nitrogen and oxygen atoms in total. The van der Waals surface area contributed by atoms with Crippen LogP contribution in [-0.4, -0.2) is 25.0 Å². The summed E-state index contributed by atoms with van der Waals surface area (Å²) in [6, 6.07) is 7.53. The monoisotopic (exact) mass is 272 g/mol. The van der Waals surface area contributed by atoms with Crippen molar-refractivity contribution < 1.29 is 9.53 Å². The molecular formula is C16H20N2O2. The zero-order chi connectivity index (χ0) is 14.4. The first-order valence-electron chi connectivity index (χ1n) is 6.90. The molecule has 1 aromatic rings. The van der Waals surface area contributed by atoms with E-state index < -0.39 is 0 Å². The topological polar surface area (TPSA) is 62.2 Å². The molecule has 2 rings (SSSR count). The Morgan fingerprint density at radius 3 is 3.00 bits per heavy atom. The minimum atomic E-state index is -0.327. The van der Waals surface area contributed by atoms with Gasteiger partial charge in [0.25, 0.3) is 0 Å². The third-order valence-corrected chi connectivity index (χ3v) is 3.43. The van der Waals surface area contributed by atoms with E-state index in [4.69, 9.17) is 10.1 Å². The molecule has 106 valence electrons. The van der Waals surface area contributed by atoms with Gasteiger partial charge in [-0.3, -0.25) is 5.41 Å². The Bertz CT molecular complexity index is 523. The molecule has 2 N–H and O–H groups in total. The number of rotatable bonds is 3. The number of benzene rings is 1. The van der Waals surface area contributed by atoms with Crippen molar-refractivity contribution in [1.82, 2.24) is 5.32 Å². The maximum absolute atomic E-state index is 11.7. The summed E-state index contributed by atoms with van der Waals surface area (Å²) in [5.74, 6) is 0.269.